The SMILES string of the molecule is CC(CC(=O)O)Nc1cc(F)c(I)cc1[N+](=O)[O-]. The Morgan fingerprint density at radius 1 is 1.67 bits per heavy atom. The van der Waals surface area contributed by atoms with Gasteiger partial charge in [-0.25, -0.2) is 4.39 Å². The van der Waals surface area contributed by atoms with Crippen molar-refractivity contribution in [3.8, 4) is 0 Å². The summed E-state index contributed by atoms with van der Waals surface area (Å²) < 4.78 is 13.5. The van der Waals surface area contributed by atoms with Crippen molar-refractivity contribution < 1.29 is 19.2 Å². The van der Waals surface area contributed by atoms with Gasteiger partial charge in [-0.3, -0.25) is 14.9 Å². The van der Waals surface area contributed by atoms with Gasteiger partial charge >= 0.3 is 5.97 Å². The molecule has 1 aromatic rings. The van der Waals surface area contributed by atoms with Gasteiger partial charge in [0.1, 0.15) is 11.5 Å². The zero-order chi connectivity index (χ0) is 13.9. The predicted octanol–water partition coefficient (Wildman–Crippen LogP) is 2.61. The number of nitrogens with zero attached hydrogens (tertiary/aromatic N) is 1. The summed E-state index contributed by atoms with van der Waals surface area (Å²) in [5.74, 6) is -1.63. The number of anilines is 1. The van der Waals surface area contributed by atoms with Crippen molar-refractivity contribution in [1.29, 1.82) is 0 Å². The number of nitrogens with one attached hydrogen (secondary N) is 1. The third kappa shape index (κ3) is 3.79. The first kappa shape index (κ1) is 14.6. The van der Waals surface area contributed by atoms with Crippen LogP contribution in [0.5, 0.6) is 0 Å². The van der Waals surface area contributed by atoms with E-state index in [1.165, 1.54) is 0 Å². The average molecular weight is 368 g/mol. The van der Waals surface area contributed by atoms with Crippen molar-refractivity contribution in [1.82, 2.24) is 0 Å². The summed E-state index contributed by atoms with van der Waals surface area (Å²) in [6.45, 7) is 1.55. The second-order valence-corrected chi connectivity index (χ2v) is 4.85. The fourth-order valence-electron chi connectivity index (χ4n) is 1.38. The van der Waals surface area contributed by atoms with Crippen LogP contribution in [-0.2, 0) is 4.79 Å². The number of hydrogen-bond donors (Lipinski definition) is 2. The molecule has 98 valence electrons. The van der Waals surface area contributed by atoms with E-state index in [2.05, 4.69) is 5.32 Å². The molecular weight excluding hydrogens is 358 g/mol. The molecule has 6 nitrogen and oxygen atoms in total. The second kappa shape index (κ2) is 5.94. The molecule has 0 saturated carbocycles. The molecule has 0 heterocycles. The van der Waals surface area contributed by atoms with Crippen LogP contribution in [0.25, 0.3) is 0 Å². The van der Waals surface area contributed by atoms with Crippen LogP contribution in [0, 0.1) is 19.5 Å². The van der Waals surface area contributed by atoms with Crippen molar-refractivity contribution in [2.45, 2.75) is 19.4 Å². The third-order valence-electron chi connectivity index (χ3n) is 2.12. The molecule has 0 aliphatic carbocycles. The lowest BCUT2D eigenvalue weighted by Gasteiger charge is -2.13. The summed E-state index contributed by atoms with van der Waals surface area (Å²) in [5, 5.41) is 22.0. The summed E-state index contributed by atoms with van der Waals surface area (Å²) >= 11 is 1.65. The molecule has 0 bridgehead atoms. The fourth-order valence-corrected chi connectivity index (χ4v) is 1.83. The van der Waals surface area contributed by atoms with Gasteiger partial charge in [0.15, 0.2) is 0 Å². The van der Waals surface area contributed by atoms with Crippen LogP contribution in [0.15, 0.2) is 12.1 Å². The minimum absolute atomic E-state index is 0.0216. The molecular formula is C10H10FIN2O4. The summed E-state index contributed by atoms with van der Waals surface area (Å²) in [4.78, 5) is 20.7. The van der Waals surface area contributed by atoms with Crippen LogP contribution in [0.4, 0.5) is 15.8 Å². The van der Waals surface area contributed by atoms with Gasteiger partial charge < -0.3 is 10.4 Å². The molecule has 0 radical (unpaired) electrons. The highest BCUT2D eigenvalue weighted by Crippen LogP contribution is 2.29. The molecule has 8 heteroatoms. The van der Waals surface area contributed by atoms with Gasteiger partial charge in [-0.05, 0) is 29.5 Å². The smallest absolute Gasteiger partial charge is 0.305 e. The molecule has 0 aromatic heterocycles. The van der Waals surface area contributed by atoms with Crippen molar-refractivity contribution in [2.75, 3.05) is 5.32 Å². The molecule has 2 N–H and O–H groups in total. The number of benzene rings is 1. The van der Waals surface area contributed by atoms with Crippen LogP contribution < -0.4 is 5.32 Å². The number of nitro benzene ring substituents is 1. The van der Waals surface area contributed by atoms with E-state index in [1.807, 2.05) is 0 Å². The largest absolute Gasteiger partial charge is 0.481 e. The van der Waals surface area contributed by atoms with Crippen LogP contribution in [0.3, 0.4) is 0 Å². The Labute approximate surface area is 115 Å². The highest BCUT2D eigenvalue weighted by atomic mass is 127. The number of carboxylic acid groups (broad SMARTS) is 1. The standard InChI is InChI=1S/C10H10FIN2O4/c1-5(2-10(15)16)13-8-3-6(11)7(12)4-9(8)14(17)18/h3-5,13H,2H2,1H3,(H,15,16). The van der Waals surface area contributed by atoms with Gasteiger partial charge in [0, 0.05) is 18.2 Å². The molecule has 0 spiro atoms. The number of hydrogen-bond acceptors (Lipinski definition) is 4. The molecule has 1 rings (SSSR count). The van der Waals surface area contributed by atoms with Gasteiger partial charge in [0.2, 0.25) is 0 Å². The van der Waals surface area contributed by atoms with E-state index in [9.17, 15) is 19.3 Å². The number of carbonyl (C=O) groups is 1. The van der Waals surface area contributed by atoms with E-state index in [0.29, 0.717) is 0 Å². The highest BCUT2D eigenvalue weighted by molar-refractivity contribution is 14.1. The maximum Gasteiger partial charge on any atom is 0.305 e. The summed E-state index contributed by atoms with van der Waals surface area (Å²) in [6.07, 6.45) is -0.218. The van der Waals surface area contributed by atoms with Gasteiger partial charge in [-0.1, -0.05) is 0 Å². The van der Waals surface area contributed by atoms with Gasteiger partial charge in [-0.15, -0.1) is 0 Å². The molecule has 0 aliphatic rings. The first-order chi connectivity index (χ1) is 8.31. The minimum Gasteiger partial charge on any atom is -0.481 e. The normalized spacial score (nSPS) is 11.9. The number of aliphatic carboxylic acids is 1. The topological polar surface area (TPSA) is 92.5 Å². The van der Waals surface area contributed by atoms with Crippen LogP contribution >= 0.6 is 22.6 Å². The van der Waals surface area contributed by atoms with Crippen LogP contribution in [0.2, 0.25) is 0 Å². The van der Waals surface area contributed by atoms with Crippen molar-refractivity contribution in [3.63, 3.8) is 0 Å². The van der Waals surface area contributed by atoms with E-state index < -0.39 is 22.8 Å². The van der Waals surface area contributed by atoms with E-state index in [0.717, 1.165) is 12.1 Å². The van der Waals surface area contributed by atoms with E-state index in [4.69, 9.17) is 5.11 Å². The Morgan fingerprint density at radius 3 is 2.78 bits per heavy atom. The molecule has 0 aliphatic heterocycles. The quantitative estimate of drug-likeness (QED) is 0.474. The first-order valence-corrected chi connectivity index (χ1v) is 6.01. The lowest BCUT2D eigenvalue weighted by molar-refractivity contribution is -0.384. The predicted molar refractivity (Wildman–Crippen MR) is 71.1 cm³/mol. The lowest BCUT2D eigenvalue weighted by atomic mass is 10.2. The van der Waals surface area contributed by atoms with Gasteiger partial charge in [0.05, 0.1) is 14.9 Å². The highest BCUT2D eigenvalue weighted by Gasteiger charge is 2.19. The maximum absolute atomic E-state index is 13.3. The van der Waals surface area contributed by atoms with Gasteiger partial charge in [0.25, 0.3) is 5.69 Å². The van der Waals surface area contributed by atoms with Crippen LogP contribution in [-0.4, -0.2) is 22.0 Å². The molecule has 0 fully saturated rings. The second-order valence-electron chi connectivity index (χ2n) is 3.68. The third-order valence-corrected chi connectivity index (χ3v) is 2.94. The minimum atomic E-state index is -1.04. The number of halogens is 2. The Hall–Kier alpha value is -1.45. The lowest BCUT2D eigenvalue weighted by Crippen LogP contribution is -2.20. The first-order valence-electron chi connectivity index (χ1n) is 4.93. The summed E-state index contributed by atoms with van der Waals surface area (Å²) in [7, 11) is 0. The van der Waals surface area contributed by atoms with E-state index in [1.54, 1.807) is 29.5 Å². The Kier molecular flexibility index (Phi) is 4.82. The summed E-state index contributed by atoms with van der Waals surface area (Å²) in [6, 6.07) is 1.56. The summed E-state index contributed by atoms with van der Waals surface area (Å²) in [5.41, 5.74) is -0.301. The van der Waals surface area contributed by atoms with Gasteiger partial charge in [-0.2, -0.15) is 0 Å². The molecule has 0 saturated heterocycles. The monoisotopic (exact) mass is 368 g/mol. The maximum atomic E-state index is 13.3. The Morgan fingerprint density at radius 2 is 2.28 bits per heavy atom. The molecule has 1 aromatic carbocycles. The fraction of sp³-hybridized carbons (Fsp3) is 0.300. The zero-order valence-electron chi connectivity index (χ0n) is 9.31. The molecule has 1 atom stereocenters. The molecule has 18 heavy (non-hydrogen) atoms. The Bertz CT molecular complexity index is 495. The molecule has 1 unspecified atom stereocenters. The number of rotatable bonds is 5. The van der Waals surface area contributed by atoms with Crippen LogP contribution in [0.1, 0.15) is 13.3 Å². The Balaban J connectivity index is 3.03. The van der Waals surface area contributed by atoms with E-state index >= 15 is 0 Å². The zero-order valence-corrected chi connectivity index (χ0v) is 11.5. The number of nitro groups is 1. The number of carboxylic acids is 1. The van der Waals surface area contributed by atoms with E-state index in [-0.39, 0.29) is 21.4 Å². The molecule has 0 amide bonds. The van der Waals surface area contributed by atoms with Crippen molar-refractivity contribution in [2.24, 2.45) is 0 Å². The van der Waals surface area contributed by atoms with Crippen molar-refractivity contribution >= 4 is 39.9 Å². The average Bonchev–Trinajstić information content (AvgIpc) is 2.21. The van der Waals surface area contributed by atoms with Crippen molar-refractivity contribution in [3.05, 3.63) is 31.6 Å².